The van der Waals surface area contributed by atoms with Gasteiger partial charge in [0, 0.05) is 25.3 Å². The van der Waals surface area contributed by atoms with Gasteiger partial charge in [0.05, 0.1) is 18.3 Å². The summed E-state index contributed by atoms with van der Waals surface area (Å²) in [4.78, 5) is 29.1. The number of aromatic nitrogens is 2. The van der Waals surface area contributed by atoms with E-state index in [4.69, 9.17) is 4.74 Å². The van der Waals surface area contributed by atoms with Gasteiger partial charge in [-0.2, -0.15) is 5.10 Å². The fourth-order valence-corrected chi connectivity index (χ4v) is 3.34. The molecule has 29 heavy (non-hydrogen) atoms. The third-order valence-corrected chi connectivity index (χ3v) is 5.45. The first kappa shape index (κ1) is 20.9. The zero-order chi connectivity index (χ0) is 21.0. The highest BCUT2D eigenvalue weighted by Gasteiger charge is 2.33. The van der Waals surface area contributed by atoms with Crippen LogP contribution in [-0.4, -0.2) is 77.7 Å². The van der Waals surface area contributed by atoms with Crippen molar-refractivity contribution in [3.05, 3.63) is 46.8 Å². The van der Waals surface area contributed by atoms with Gasteiger partial charge in [-0.05, 0) is 51.1 Å². The van der Waals surface area contributed by atoms with Gasteiger partial charge in [0.25, 0.3) is 5.91 Å². The molecule has 0 spiro atoms. The molecule has 1 aromatic heterocycles. The first-order chi connectivity index (χ1) is 13.9. The van der Waals surface area contributed by atoms with E-state index in [-0.39, 0.29) is 17.9 Å². The number of aryl methyl sites for hydroxylation is 3. The van der Waals surface area contributed by atoms with Crippen molar-refractivity contribution < 1.29 is 14.3 Å². The molecule has 2 aromatic rings. The van der Waals surface area contributed by atoms with Gasteiger partial charge in [0.2, 0.25) is 5.91 Å². The van der Waals surface area contributed by atoms with Crippen LogP contribution in [0.3, 0.4) is 0 Å². The number of hydrogen-bond acceptors (Lipinski definition) is 5. The molecule has 0 aliphatic carbocycles. The quantitative estimate of drug-likeness (QED) is 0.715. The number of likely N-dealkylation sites (N-methyl/N-ethyl adjacent to an activating group) is 1. The standard InChI is InChI=1S/C21H29N5O3/c1-14-5-6-17(11-15(14)2)29-10-7-22-20(27)19-13-26(9-8-25(19)4)21(28)18-12-23-24-16(18)3/h5-6,11-12,19H,7-10,13H2,1-4H3,(H,22,27)(H,23,24)/t19-/m0/s1. The maximum atomic E-state index is 12.7. The van der Waals surface area contributed by atoms with E-state index >= 15 is 0 Å². The summed E-state index contributed by atoms with van der Waals surface area (Å²) in [6, 6.07) is 5.56. The molecule has 0 saturated carbocycles. The Balaban J connectivity index is 1.50. The van der Waals surface area contributed by atoms with Gasteiger partial charge in [-0.15, -0.1) is 0 Å². The second-order valence-electron chi connectivity index (χ2n) is 7.54. The van der Waals surface area contributed by atoms with Gasteiger partial charge >= 0.3 is 0 Å². The van der Waals surface area contributed by atoms with Crippen LogP contribution >= 0.6 is 0 Å². The largest absolute Gasteiger partial charge is 0.492 e. The van der Waals surface area contributed by atoms with E-state index in [1.807, 2.05) is 44.0 Å². The highest BCUT2D eigenvalue weighted by molar-refractivity contribution is 5.95. The van der Waals surface area contributed by atoms with E-state index in [9.17, 15) is 9.59 Å². The monoisotopic (exact) mass is 399 g/mol. The molecule has 1 fully saturated rings. The molecular formula is C21H29N5O3. The minimum absolute atomic E-state index is 0.0970. The van der Waals surface area contributed by atoms with Crippen molar-refractivity contribution in [1.82, 2.24) is 25.3 Å². The minimum atomic E-state index is -0.387. The first-order valence-electron chi connectivity index (χ1n) is 9.84. The summed E-state index contributed by atoms with van der Waals surface area (Å²) in [6.45, 7) is 8.29. The molecule has 0 unspecified atom stereocenters. The molecular weight excluding hydrogens is 370 g/mol. The normalized spacial score (nSPS) is 17.2. The number of rotatable bonds is 6. The highest BCUT2D eigenvalue weighted by Crippen LogP contribution is 2.16. The Morgan fingerprint density at radius 3 is 2.72 bits per heavy atom. The molecule has 0 radical (unpaired) electrons. The van der Waals surface area contributed by atoms with Crippen molar-refractivity contribution >= 4 is 11.8 Å². The molecule has 1 aromatic carbocycles. The summed E-state index contributed by atoms with van der Waals surface area (Å²) in [5, 5.41) is 9.62. The van der Waals surface area contributed by atoms with Crippen LogP contribution in [0.5, 0.6) is 5.75 Å². The van der Waals surface area contributed by atoms with Gasteiger partial charge in [-0.1, -0.05) is 6.07 Å². The smallest absolute Gasteiger partial charge is 0.257 e. The van der Waals surface area contributed by atoms with E-state index in [1.54, 1.807) is 4.90 Å². The number of nitrogens with zero attached hydrogens (tertiary/aromatic N) is 3. The topological polar surface area (TPSA) is 90.6 Å². The van der Waals surface area contributed by atoms with Crippen LogP contribution in [0, 0.1) is 20.8 Å². The number of amides is 2. The van der Waals surface area contributed by atoms with E-state index in [0.29, 0.717) is 38.3 Å². The Morgan fingerprint density at radius 2 is 2.03 bits per heavy atom. The minimum Gasteiger partial charge on any atom is -0.492 e. The van der Waals surface area contributed by atoms with E-state index in [1.165, 1.54) is 17.3 Å². The molecule has 8 nitrogen and oxygen atoms in total. The Hall–Kier alpha value is -2.87. The van der Waals surface area contributed by atoms with Crippen LogP contribution in [0.15, 0.2) is 24.4 Å². The highest BCUT2D eigenvalue weighted by atomic mass is 16.5. The number of H-pyrrole nitrogens is 1. The van der Waals surface area contributed by atoms with Crippen LogP contribution in [0.1, 0.15) is 27.2 Å². The molecule has 2 N–H and O–H groups in total. The van der Waals surface area contributed by atoms with Crippen LogP contribution in [0.4, 0.5) is 0 Å². The fourth-order valence-electron chi connectivity index (χ4n) is 3.34. The lowest BCUT2D eigenvalue weighted by Crippen LogP contribution is -2.59. The van der Waals surface area contributed by atoms with E-state index in [0.717, 1.165) is 11.4 Å². The van der Waals surface area contributed by atoms with Crippen LogP contribution in [0.2, 0.25) is 0 Å². The number of nitrogens with one attached hydrogen (secondary N) is 2. The van der Waals surface area contributed by atoms with E-state index in [2.05, 4.69) is 22.4 Å². The molecule has 1 aliphatic rings. The average Bonchev–Trinajstić information content (AvgIpc) is 3.13. The fraction of sp³-hybridized carbons (Fsp3) is 0.476. The molecule has 2 heterocycles. The summed E-state index contributed by atoms with van der Waals surface area (Å²) in [6.07, 6.45) is 1.54. The van der Waals surface area contributed by atoms with Crippen LogP contribution in [0.25, 0.3) is 0 Å². The number of piperazine rings is 1. The molecule has 0 bridgehead atoms. The van der Waals surface area contributed by atoms with Gasteiger partial charge < -0.3 is 15.0 Å². The number of hydrogen-bond donors (Lipinski definition) is 2. The molecule has 156 valence electrons. The molecule has 1 atom stereocenters. The SMILES string of the molecule is Cc1ccc(OCCNC(=O)[C@@H]2CN(C(=O)c3cn[nH]c3C)CCN2C)cc1C. The maximum Gasteiger partial charge on any atom is 0.257 e. The summed E-state index contributed by atoms with van der Waals surface area (Å²) in [7, 11) is 1.90. The predicted molar refractivity (Wildman–Crippen MR) is 110 cm³/mol. The summed E-state index contributed by atoms with van der Waals surface area (Å²) >= 11 is 0. The summed E-state index contributed by atoms with van der Waals surface area (Å²) < 4.78 is 5.72. The second-order valence-corrected chi connectivity index (χ2v) is 7.54. The molecule has 1 aliphatic heterocycles. The number of aromatic amines is 1. The zero-order valence-corrected chi connectivity index (χ0v) is 17.5. The lowest BCUT2D eigenvalue weighted by atomic mass is 10.1. The van der Waals surface area contributed by atoms with Crippen molar-refractivity contribution in [1.29, 1.82) is 0 Å². The first-order valence-corrected chi connectivity index (χ1v) is 9.84. The summed E-state index contributed by atoms with van der Waals surface area (Å²) in [5.74, 6) is 0.599. The lowest BCUT2D eigenvalue weighted by Gasteiger charge is -2.38. The lowest BCUT2D eigenvalue weighted by molar-refractivity contribution is -0.127. The van der Waals surface area contributed by atoms with E-state index < -0.39 is 0 Å². The number of carbonyl (C=O) groups is 2. The van der Waals surface area contributed by atoms with Gasteiger partial charge in [0.1, 0.15) is 18.4 Å². The second kappa shape index (κ2) is 9.09. The van der Waals surface area contributed by atoms with Crippen LogP contribution in [-0.2, 0) is 4.79 Å². The van der Waals surface area contributed by atoms with Crippen molar-refractivity contribution in [3.63, 3.8) is 0 Å². The third kappa shape index (κ3) is 4.95. The van der Waals surface area contributed by atoms with Crippen molar-refractivity contribution in [2.24, 2.45) is 0 Å². The number of ether oxygens (including phenoxy) is 1. The van der Waals surface area contributed by atoms with Gasteiger partial charge in [-0.3, -0.25) is 19.6 Å². The zero-order valence-electron chi connectivity index (χ0n) is 17.5. The molecule has 2 amide bonds. The number of benzene rings is 1. The van der Waals surface area contributed by atoms with Gasteiger partial charge in [-0.25, -0.2) is 0 Å². The third-order valence-electron chi connectivity index (χ3n) is 5.45. The van der Waals surface area contributed by atoms with Crippen molar-refractivity contribution in [3.8, 4) is 5.75 Å². The van der Waals surface area contributed by atoms with Crippen molar-refractivity contribution in [2.75, 3.05) is 39.8 Å². The van der Waals surface area contributed by atoms with Crippen molar-refractivity contribution in [2.45, 2.75) is 26.8 Å². The summed E-state index contributed by atoms with van der Waals surface area (Å²) in [5.41, 5.74) is 3.68. The van der Waals surface area contributed by atoms with Gasteiger partial charge in [0.15, 0.2) is 0 Å². The molecule has 1 saturated heterocycles. The predicted octanol–water partition coefficient (Wildman–Crippen LogP) is 1.29. The Kier molecular flexibility index (Phi) is 6.53. The molecule has 8 heteroatoms. The van der Waals surface area contributed by atoms with Crippen LogP contribution < -0.4 is 10.1 Å². The Labute approximate surface area is 171 Å². The maximum absolute atomic E-state index is 12.7. The Bertz CT molecular complexity index is 879. The molecule has 3 rings (SSSR count). The Morgan fingerprint density at radius 1 is 1.24 bits per heavy atom. The average molecular weight is 399 g/mol. The number of carbonyl (C=O) groups excluding carboxylic acids is 2.